The molecule has 0 saturated heterocycles. The Hall–Kier alpha value is -1.86. The third-order valence-corrected chi connectivity index (χ3v) is 3.04. The highest BCUT2D eigenvalue weighted by molar-refractivity contribution is 6.08. The maximum atomic E-state index is 12.0. The zero-order chi connectivity index (χ0) is 14.4. The zero-order valence-corrected chi connectivity index (χ0v) is 11.7. The first-order valence-electron chi connectivity index (χ1n) is 6.47. The highest BCUT2D eigenvalue weighted by Crippen LogP contribution is 2.12. The van der Waals surface area contributed by atoms with Crippen LogP contribution in [0.15, 0.2) is 34.4 Å². The largest absolute Gasteiger partial charge is 0.383 e. The summed E-state index contributed by atoms with van der Waals surface area (Å²) in [6.07, 6.45) is 7.29. The minimum absolute atomic E-state index is 0.403. The highest BCUT2D eigenvalue weighted by atomic mass is 16.5. The number of ether oxygens (including phenoxy) is 2. The average Bonchev–Trinajstić information content (AvgIpc) is 2.47. The van der Waals surface area contributed by atoms with Crippen molar-refractivity contribution in [1.82, 2.24) is 4.90 Å². The number of allylic oxidation sites excluding steroid dienone is 2. The Morgan fingerprint density at radius 3 is 2.60 bits per heavy atom. The molecule has 0 aromatic heterocycles. The molecule has 1 atom stereocenters. The number of fused-ring (bicyclic) bond motifs is 1. The third-order valence-electron chi connectivity index (χ3n) is 3.04. The number of nitrogens with zero attached hydrogens (tertiary/aromatic N) is 4. The van der Waals surface area contributed by atoms with Crippen molar-refractivity contribution in [2.24, 2.45) is 10.1 Å². The van der Waals surface area contributed by atoms with Crippen LogP contribution >= 0.6 is 0 Å². The standard InChI is InChI=1S/C13H19N4O3/c1-19-9-7-16(8-10-20-2)13-14-11-5-3-4-6-12(11)17(18)15-13/h3-6,12H,7-10H2,1-2H3/q+1. The second-order valence-corrected chi connectivity index (χ2v) is 4.40. The minimum Gasteiger partial charge on any atom is -0.383 e. The van der Waals surface area contributed by atoms with Gasteiger partial charge in [0.1, 0.15) is 5.71 Å². The van der Waals surface area contributed by atoms with Gasteiger partial charge in [0.05, 0.1) is 23.2 Å². The normalized spacial score (nSPS) is 20.5. The fourth-order valence-electron chi connectivity index (χ4n) is 1.95. The Morgan fingerprint density at radius 1 is 1.25 bits per heavy atom. The van der Waals surface area contributed by atoms with E-state index in [0.29, 0.717) is 42.8 Å². The Morgan fingerprint density at radius 2 is 1.95 bits per heavy atom. The molecule has 7 nitrogen and oxygen atoms in total. The van der Waals surface area contributed by atoms with Gasteiger partial charge in [-0.3, -0.25) is 0 Å². The maximum absolute atomic E-state index is 12.0. The summed E-state index contributed by atoms with van der Waals surface area (Å²) in [5.74, 6) is 0.403. The SMILES string of the molecule is COCCN(CCOC)C1=N[N+](=O)C2C=CC=CC2=N1. The summed E-state index contributed by atoms with van der Waals surface area (Å²) in [6.45, 7) is 2.28. The molecule has 1 aliphatic carbocycles. The lowest BCUT2D eigenvalue weighted by atomic mass is 10.1. The second-order valence-electron chi connectivity index (χ2n) is 4.40. The molecule has 0 aromatic rings. The predicted octanol–water partition coefficient (Wildman–Crippen LogP) is 0.580. The van der Waals surface area contributed by atoms with Gasteiger partial charge in [0.25, 0.3) is 12.0 Å². The van der Waals surface area contributed by atoms with Crippen molar-refractivity contribution in [2.45, 2.75) is 6.04 Å². The number of methoxy groups -OCH3 is 2. The van der Waals surface area contributed by atoms with Crippen molar-refractivity contribution in [3.63, 3.8) is 0 Å². The van der Waals surface area contributed by atoms with Crippen LogP contribution in [0.25, 0.3) is 0 Å². The van der Waals surface area contributed by atoms with Crippen molar-refractivity contribution in [3.8, 4) is 0 Å². The van der Waals surface area contributed by atoms with Crippen LogP contribution in [0.1, 0.15) is 0 Å². The van der Waals surface area contributed by atoms with E-state index in [0.717, 1.165) is 0 Å². The number of guanidine groups is 1. The van der Waals surface area contributed by atoms with E-state index in [2.05, 4.69) is 10.1 Å². The first kappa shape index (κ1) is 14.5. The van der Waals surface area contributed by atoms with Crippen molar-refractivity contribution < 1.29 is 14.3 Å². The number of rotatable bonds is 6. The second kappa shape index (κ2) is 7.06. The Balaban J connectivity index is 2.15. The third kappa shape index (κ3) is 3.37. The Labute approximate surface area is 117 Å². The molecule has 108 valence electrons. The van der Waals surface area contributed by atoms with Crippen LogP contribution in [-0.2, 0) is 9.47 Å². The van der Waals surface area contributed by atoms with Crippen molar-refractivity contribution in [1.29, 1.82) is 0 Å². The van der Waals surface area contributed by atoms with Crippen LogP contribution in [-0.4, -0.2) is 68.0 Å². The van der Waals surface area contributed by atoms with Gasteiger partial charge in [-0.05, 0) is 12.2 Å². The highest BCUT2D eigenvalue weighted by Gasteiger charge is 2.35. The molecular weight excluding hydrogens is 260 g/mol. The molecule has 0 spiro atoms. The molecule has 0 saturated carbocycles. The van der Waals surface area contributed by atoms with Gasteiger partial charge < -0.3 is 14.4 Å². The summed E-state index contributed by atoms with van der Waals surface area (Å²) in [4.78, 5) is 19.0. The van der Waals surface area contributed by atoms with Gasteiger partial charge >= 0.3 is 0 Å². The van der Waals surface area contributed by atoms with Crippen LogP contribution in [0, 0.1) is 4.91 Å². The monoisotopic (exact) mass is 279 g/mol. The van der Waals surface area contributed by atoms with Crippen molar-refractivity contribution in [3.05, 3.63) is 29.2 Å². The summed E-state index contributed by atoms with van der Waals surface area (Å²) in [7, 11) is 3.27. The molecular formula is C13H19N4O3+. The van der Waals surface area contributed by atoms with E-state index in [1.54, 1.807) is 20.3 Å². The molecule has 0 N–H and O–H groups in total. The summed E-state index contributed by atoms with van der Waals surface area (Å²) >= 11 is 0. The van der Waals surface area contributed by atoms with Gasteiger partial charge in [-0.1, -0.05) is 12.2 Å². The lowest BCUT2D eigenvalue weighted by molar-refractivity contribution is -0.565. The first-order valence-corrected chi connectivity index (χ1v) is 6.47. The lowest BCUT2D eigenvalue weighted by Gasteiger charge is -2.23. The quantitative estimate of drug-likeness (QED) is 0.667. The summed E-state index contributed by atoms with van der Waals surface area (Å²) in [6, 6.07) is -0.421. The van der Waals surface area contributed by atoms with E-state index >= 15 is 0 Å². The molecule has 0 bridgehead atoms. The molecule has 1 unspecified atom stereocenters. The van der Waals surface area contributed by atoms with Gasteiger partial charge in [0, 0.05) is 27.3 Å². The number of nitroso groups, excluding NO2 is 1. The summed E-state index contributed by atoms with van der Waals surface area (Å²) in [5, 5.41) is 4.01. The van der Waals surface area contributed by atoms with Crippen LogP contribution in [0.2, 0.25) is 0 Å². The lowest BCUT2D eigenvalue weighted by Crippen LogP contribution is -2.42. The number of hydrazone groups is 1. The Bertz CT molecular complexity index is 474. The molecule has 0 amide bonds. The van der Waals surface area contributed by atoms with E-state index in [9.17, 15) is 4.91 Å². The predicted molar refractivity (Wildman–Crippen MR) is 75.9 cm³/mol. The Kier molecular flexibility index (Phi) is 5.14. The first-order chi connectivity index (χ1) is 9.76. The average molecular weight is 279 g/mol. The van der Waals surface area contributed by atoms with Gasteiger partial charge in [0.2, 0.25) is 0 Å². The summed E-state index contributed by atoms with van der Waals surface area (Å²) in [5.41, 5.74) is 0.701. The van der Waals surface area contributed by atoms with E-state index in [1.165, 1.54) is 0 Å². The fourth-order valence-corrected chi connectivity index (χ4v) is 1.95. The molecule has 2 aliphatic rings. The van der Waals surface area contributed by atoms with Crippen LogP contribution in [0.5, 0.6) is 0 Å². The molecule has 0 radical (unpaired) electrons. The van der Waals surface area contributed by atoms with Crippen LogP contribution in [0.4, 0.5) is 0 Å². The van der Waals surface area contributed by atoms with E-state index in [1.807, 2.05) is 23.1 Å². The molecule has 1 heterocycles. The van der Waals surface area contributed by atoms with Gasteiger partial charge in [-0.2, -0.15) is 0 Å². The van der Waals surface area contributed by atoms with E-state index in [4.69, 9.17) is 9.47 Å². The molecule has 2 rings (SSSR count). The van der Waals surface area contributed by atoms with Crippen molar-refractivity contribution in [2.75, 3.05) is 40.5 Å². The van der Waals surface area contributed by atoms with Gasteiger partial charge in [-0.25, -0.2) is 4.99 Å². The molecule has 0 fully saturated rings. The number of aliphatic imine (C=N–C) groups is 1. The summed E-state index contributed by atoms with van der Waals surface area (Å²) < 4.78 is 10.1. The fraction of sp³-hybridized carbons (Fsp3) is 0.538. The number of hydrogen-bond acceptors (Lipinski definition) is 5. The van der Waals surface area contributed by atoms with Gasteiger partial charge in [-0.15, -0.1) is 0 Å². The maximum Gasteiger partial charge on any atom is 0.297 e. The zero-order valence-electron chi connectivity index (χ0n) is 11.7. The minimum atomic E-state index is -0.421. The molecule has 7 heteroatoms. The van der Waals surface area contributed by atoms with E-state index < -0.39 is 6.04 Å². The van der Waals surface area contributed by atoms with Crippen LogP contribution < -0.4 is 0 Å². The smallest absolute Gasteiger partial charge is 0.297 e. The number of hydrogen-bond donors (Lipinski definition) is 0. The molecule has 1 aliphatic heterocycles. The topological polar surface area (TPSA) is 66.5 Å². The van der Waals surface area contributed by atoms with Crippen molar-refractivity contribution >= 4 is 11.7 Å². The molecule has 0 aromatic carbocycles. The van der Waals surface area contributed by atoms with E-state index in [-0.39, 0.29) is 0 Å². The van der Waals surface area contributed by atoms with Crippen LogP contribution in [0.3, 0.4) is 0 Å². The molecule has 20 heavy (non-hydrogen) atoms. The van der Waals surface area contributed by atoms with Gasteiger partial charge in [0.15, 0.2) is 4.87 Å².